The molecule has 0 bridgehead atoms. The predicted octanol–water partition coefficient (Wildman–Crippen LogP) is 2.11. The summed E-state index contributed by atoms with van der Waals surface area (Å²) in [5.74, 6) is 0.402. The van der Waals surface area contributed by atoms with E-state index in [1.165, 1.54) is 4.31 Å². The highest BCUT2D eigenvalue weighted by Gasteiger charge is 2.30. The summed E-state index contributed by atoms with van der Waals surface area (Å²) in [5.41, 5.74) is 1.03. The van der Waals surface area contributed by atoms with Crippen LogP contribution in [0.3, 0.4) is 0 Å². The van der Waals surface area contributed by atoms with Crippen LogP contribution in [-0.4, -0.2) is 52.2 Å². The minimum atomic E-state index is -3.20. The van der Waals surface area contributed by atoms with Gasteiger partial charge in [-0.2, -0.15) is 5.10 Å². The zero-order chi connectivity index (χ0) is 20.0. The van der Waals surface area contributed by atoms with Gasteiger partial charge in [0.2, 0.25) is 15.9 Å². The second-order valence-corrected chi connectivity index (χ2v) is 9.18. The van der Waals surface area contributed by atoms with Gasteiger partial charge in [0.25, 0.3) is 0 Å². The van der Waals surface area contributed by atoms with Crippen molar-refractivity contribution >= 4 is 21.7 Å². The van der Waals surface area contributed by atoms with Crippen LogP contribution in [0.2, 0.25) is 0 Å². The first kappa shape index (κ1) is 20.5. The highest BCUT2D eigenvalue weighted by atomic mass is 32.2. The molecule has 0 saturated carbocycles. The number of pyridine rings is 1. The Morgan fingerprint density at radius 3 is 2.75 bits per heavy atom. The number of rotatable bonds is 8. The van der Waals surface area contributed by atoms with Gasteiger partial charge < -0.3 is 5.32 Å². The zero-order valence-corrected chi connectivity index (χ0v) is 16.9. The molecule has 9 heteroatoms. The molecule has 3 rings (SSSR count). The smallest absolute Gasteiger partial charge is 0.228 e. The summed E-state index contributed by atoms with van der Waals surface area (Å²) in [7, 11) is -3.20. The number of unbranched alkanes of at least 4 members (excludes halogenated alkanes) is 1. The molecular weight excluding hydrogens is 378 g/mol. The van der Waals surface area contributed by atoms with E-state index in [0.717, 1.165) is 12.0 Å². The molecule has 1 saturated heterocycles. The molecule has 0 aromatic carbocycles. The number of nitrogens with zero attached hydrogens (tertiary/aromatic N) is 4. The fraction of sp³-hybridized carbons (Fsp3) is 0.526. The highest BCUT2D eigenvalue weighted by molar-refractivity contribution is 7.89. The highest BCUT2D eigenvalue weighted by Crippen LogP contribution is 2.22. The van der Waals surface area contributed by atoms with Gasteiger partial charge >= 0.3 is 0 Å². The minimum Gasteiger partial charge on any atom is -0.309 e. The number of hydrogen-bond donors (Lipinski definition) is 1. The third kappa shape index (κ3) is 5.39. The van der Waals surface area contributed by atoms with Crippen LogP contribution >= 0.6 is 0 Å². The fourth-order valence-corrected chi connectivity index (χ4v) is 4.95. The van der Waals surface area contributed by atoms with E-state index in [-0.39, 0.29) is 17.6 Å². The van der Waals surface area contributed by atoms with Gasteiger partial charge in [0.1, 0.15) is 0 Å². The second kappa shape index (κ2) is 9.29. The lowest BCUT2D eigenvalue weighted by atomic mass is 9.97. The lowest BCUT2D eigenvalue weighted by Gasteiger charge is -2.30. The average Bonchev–Trinajstić information content (AvgIpc) is 3.14. The summed E-state index contributed by atoms with van der Waals surface area (Å²) in [6, 6.07) is 5.60. The zero-order valence-electron chi connectivity index (χ0n) is 16.1. The van der Waals surface area contributed by atoms with Crippen molar-refractivity contribution in [2.45, 2.75) is 39.2 Å². The van der Waals surface area contributed by atoms with E-state index in [9.17, 15) is 13.2 Å². The van der Waals surface area contributed by atoms with E-state index in [0.29, 0.717) is 44.7 Å². The van der Waals surface area contributed by atoms with Crippen LogP contribution in [0.1, 0.15) is 38.2 Å². The fourth-order valence-electron chi connectivity index (χ4n) is 3.28. The normalized spacial score (nSPS) is 16.2. The van der Waals surface area contributed by atoms with Gasteiger partial charge in [0.05, 0.1) is 12.3 Å². The van der Waals surface area contributed by atoms with Crippen LogP contribution in [0.4, 0.5) is 5.82 Å². The Morgan fingerprint density at radius 2 is 2.07 bits per heavy atom. The molecule has 0 aliphatic carbocycles. The summed E-state index contributed by atoms with van der Waals surface area (Å²) >= 11 is 0. The molecule has 1 aliphatic heterocycles. The van der Waals surface area contributed by atoms with Gasteiger partial charge in [-0.15, -0.1) is 0 Å². The molecular formula is C19H27N5O3S. The topological polar surface area (TPSA) is 97.2 Å². The van der Waals surface area contributed by atoms with Crippen LogP contribution in [0, 0.1) is 5.92 Å². The van der Waals surface area contributed by atoms with Crippen molar-refractivity contribution < 1.29 is 13.2 Å². The van der Waals surface area contributed by atoms with Crippen molar-refractivity contribution in [3.8, 4) is 0 Å². The number of amides is 1. The van der Waals surface area contributed by atoms with Gasteiger partial charge in [-0.25, -0.2) is 12.7 Å². The summed E-state index contributed by atoms with van der Waals surface area (Å²) in [4.78, 5) is 16.6. The molecule has 0 unspecified atom stereocenters. The summed E-state index contributed by atoms with van der Waals surface area (Å²) < 4.78 is 27.8. The standard InChI is InChI=1S/C19H27N5O3S/c1-2-3-13-28(26,27)24-11-6-17(7-12-24)19(25)21-18-8-10-23(22-18)15-16-5-4-9-20-14-16/h4-5,8-10,14,17H,2-3,6-7,11-13,15H2,1H3,(H,21,22,25). The number of sulfonamides is 1. The van der Waals surface area contributed by atoms with Crippen molar-refractivity contribution in [1.82, 2.24) is 19.1 Å². The molecule has 0 radical (unpaired) electrons. The number of aromatic nitrogens is 3. The maximum Gasteiger partial charge on any atom is 0.228 e. The number of nitrogens with one attached hydrogen (secondary N) is 1. The van der Waals surface area contributed by atoms with Crippen molar-refractivity contribution in [2.24, 2.45) is 5.92 Å². The first-order valence-electron chi connectivity index (χ1n) is 9.69. The number of hydrogen-bond acceptors (Lipinski definition) is 5. The number of anilines is 1. The van der Waals surface area contributed by atoms with Crippen LogP contribution in [0.5, 0.6) is 0 Å². The van der Waals surface area contributed by atoms with Crippen LogP contribution in [-0.2, 0) is 21.4 Å². The Morgan fingerprint density at radius 1 is 1.29 bits per heavy atom. The van der Waals surface area contributed by atoms with Gasteiger partial charge in [0.15, 0.2) is 5.82 Å². The number of carbonyl (C=O) groups is 1. The average molecular weight is 406 g/mol. The first-order chi connectivity index (χ1) is 13.5. The molecule has 8 nitrogen and oxygen atoms in total. The molecule has 2 aromatic rings. The van der Waals surface area contributed by atoms with Gasteiger partial charge in [0, 0.05) is 43.7 Å². The summed E-state index contributed by atoms with van der Waals surface area (Å²) in [6.07, 6.45) is 7.91. The maximum atomic E-state index is 12.5. The van der Waals surface area contributed by atoms with Crippen molar-refractivity contribution in [3.63, 3.8) is 0 Å². The Kier molecular flexibility index (Phi) is 6.79. The quantitative estimate of drug-likeness (QED) is 0.725. The third-order valence-corrected chi connectivity index (χ3v) is 6.89. The molecule has 1 fully saturated rings. The predicted molar refractivity (Wildman–Crippen MR) is 107 cm³/mol. The van der Waals surface area contributed by atoms with Crippen LogP contribution in [0.15, 0.2) is 36.8 Å². The molecule has 152 valence electrons. The summed E-state index contributed by atoms with van der Waals surface area (Å²) in [5, 5.41) is 7.23. The maximum absolute atomic E-state index is 12.5. The Hall–Kier alpha value is -2.26. The number of carbonyl (C=O) groups excluding carboxylic acids is 1. The van der Waals surface area contributed by atoms with E-state index in [2.05, 4.69) is 15.4 Å². The van der Waals surface area contributed by atoms with Crippen molar-refractivity contribution in [3.05, 3.63) is 42.4 Å². The SMILES string of the molecule is CCCCS(=O)(=O)N1CCC(C(=O)Nc2ccn(Cc3cccnc3)n2)CC1. The molecule has 1 aliphatic rings. The molecule has 28 heavy (non-hydrogen) atoms. The second-order valence-electron chi connectivity index (χ2n) is 7.09. The van der Waals surface area contributed by atoms with Crippen molar-refractivity contribution in [2.75, 3.05) is 24.2 Å². The Labute approximate surface area is 166 Å². The Balaban J connectivity index is 1.50. The minimum absolute atomic E-state index is 0.0998. The van der Waals surface area contributed by atoms with Crippen LogP contribution in [0.25, 0.3) is 0 Å². The Bertz CT molecular complexity index is 874. The van der Waals surface area contributed by atoms with Gasteiger partial charge in [-0.3, -0.25) is 14.5 Å². The van der Waals surface area contributed by atoms with E-state index in [1.807, 2.05) is 25.3 Å². The van der Waals surface area contributed by atoms with Crippen LogP contribution < -0.4 is 5.32 Å². The number of piperidine rings is 1. The van der Waals surface area contributed by atoms with E-state index in [1.54, 1.807) is 23.1 Å². The summed E-state index contributed by atoms with van der Waals surface area (Å²) in [6.45, 7) is 3.36. The molecule has 1 N–H and O–H groups in total. The lowest BCUT2D eigenvalue weighted by Crippen LogP contribution is -2.42. The van der Waals surface area contributed by atoms with Gasteiger partial charge in [-0.05, 0) is 30.9 Å². The van der Waals surface area contributed by atoms with Gasteiger partial charge in [-0.1, -0.05) is 19.4 Å². The van der Waals surface area contributed by atoms with Crippen molar-refractivity contribution in [1.29, 1.82) is 0 Å². The lowest BCUT2D eigenvalue weighted by molar-refractivity contribution is -0.120. The molecule has 0 atom stereocenters. The third-order valence-electron chi connectivity index (χ3n) is 4.93. The molecule has 3 heterocycles. The molecule has 2 aromatic heterocycles. The van der Waals surface area contributed by atoms with E-state index >= 15 is 0 Å². The van der Waals surface area contributed by atoms with E-state index < -0.39 is 10.0 Å². The first-order valence-corrected chi connectivity index (χ1v) is 11.3. The molecule has 1 amide bonds. The monoisotopic (exact) mass is 405 g/mol. The van der Waals surface area contributed by atoms with E-state index in [4.69, 9.17) is 0 Å². The largest absolute Gasteiger partial charge is 0.309 e. The molecule has 0 spiro atoms.